The van der Waals surface area contributed by atoms with Gasteiger partial charge in [-0.25, -0.2) is 8.42 Å². The molecule has 5 heteroatoms. The second-order valence-electron chi connectivity index (χ2n) is 4.27. The van der Waals surface area contributed by atoms with Crippen LogP contribution in [0.4, 0.5) is 0 Å². The third kappa shape index (κ3) is 6.38. The van der Waals surface area contributed by atoms with Crippen LogP contribution in [-0.2, 0) is 16.3 Å². The molecule has 1 rings (SSSR count). The lowest BCUT2D eigenvalue weighted by molar-refractivity contribution is 0.526. The molecule has 0 spiro atoms. The smallest absolute Gasteiger partial charge is 0.148 e. The molecule has 0 bridgehead atoms. The van der Waals surface area contributed by atoms with Crippen molar-refractivity contribution >= 4 is 9.84 Å². The van der Waals surface area contributed by atoms with Crippen LogP contribution in [0.5, 0.6) is 0 Å². The summed E-state index contributed by atoms with van der Waals surface area (Å²) in [5, 5.41) is 3.26. The number of nitrogens with one attached hydrogen (secondary N) is 1. The summed E-state index contributed by atoms with van der Waals surface area (Å²) in [5.41, 5.74) is 0.921. The number of rotatable bonds is 7. The first kappa shape index (κ1) is 14.1. The number of hydrogen-bond donors (Lipinski definition) is 1. The molecule has 1 heterocycles. The SMILES string of the molecule is CCCNC(Cc1ccccn1)CS(C)(=O)=O. The molecule has 0 amide bonds. The Labute approximate surface area is 103 Å². The van der Waals surface area contributed by atoms with Crippen LogP contribution < -0.4 is 5.32 Å². The fraction of sp³-hybridized carbons (Fsp3) is 0.583. The highest BCUT2D eigenvalue weighted by Crippen LogP contribution is 2.02. The molecule has 4 nitrogen and oxygen atoms in total. The van der Waals surface area contributed by atoms with E-state index in [1.54, 1.807) is 6.20 Å². The van der Waals surface area contributed by atoms with E-state index in [9.17, 15) is 8.42 Å². The quantitative estimate of drug-likeness (QED) is 0.792. The minimum absolute atomic E-state index is 0.0557. The van der Waals surface area contributed by atoms with Gasteiger partial charge in [-0.1, -0.05) is 13.0 Å². The lowest BCUT2D eigenvalue weighted by Crippen LogP contribution is -2.37. The normalized spacial score (nSPS) is 13.5. The molecule has 0 aliphatic rings. The van der Waals surface area contributed by atoms with Crippen molar-refractivity contribution < 1.29 is 8.42 Å². The summed E-state index contributed by atoms with van der Waals surface area (Å²) in [6.45, 7) is 2.89. The monoisotopic (exact) mass is 256 g/mol. The van der Waals surface area contributed by atoms with Gasteiger partial charge in [0.15, 0.2) is 0 Å². The Morgan fingerprint density at radius 2 is 2.18 bits per heavy atom. The third-order valence-corrected chi connectivity index (χ3v) is 3.38. The van der Waals surface area contributed by atoms with E-state index < -0.39 is 9.84 Å². The van der Waals surface area contributed by atoms with Crippen LogP contribution in [0, 0.1) is 0 Å². The van der Waals surface area contributed by atoms with Gasteiger partial charge >= 0.3 is 0 Å². The number of sulfone groups is 1. The van der Waals surface area contributed by atoms with Crippen molar-refractivity contribution in [3.8, 4) is 0 Å². The summed E-state index contributed by atoms with van der Waals surface area (Å²) in [6, 6.07) is 5.64. The topological polar surface area (TPSA) is 59.1 Å². The zero-order chi connectivity index (χ0) is 12.7. The Bertz CT molecular complexity index is 417. The molecule has 0 aromatic carbocycles. The highest BCUT2D eigenvalue weighted by molar-refractivity contribution is 7.90. The zero-order valence-electron chi connectivity index (χ0n) is 10.4. The highest BCUT2D eigenvalue weighted by Gasteiger charge is 2.15. The molecular weight excluding hydrogens is 236 g/mol. The third-order valence-electron chi connectivity index (χ3n) is 2.37. The average Bonchev–Trinajstić information content (AvgIpc) is 2.25. The van der Waals surface area contributed by atoms with Crippen molar-refractivity contribution in [3.05, 3.63) is 30.1 Å². The van der Waals surface area contributed by atoms with Crippen molar-refractivity contribution in [1.29, 1.82) is 0 Å². The van der Waals surface area contributed by atoms with E-state index in [2.05, 4.69) is 17.2 Å². The average molecular weight is 256 g/mol. The Morgan fingerprint density at radius 3 is 2.71 bits per heavy atom. The maximum Gasteiger partial charge on any atom is 0.148 e. The van der Waals surface area contributed by atoms with Crippen molar-refractivity contribution in [3.63, 3.8) is 0 Å². The lowest BCUT2D eigenvalue weighted by Gasteiger charge is -2.17. The van der Waals surface area contributed by atoms with Crippen molar-refractivity contribution in [1.82, 2.24) is 10.3 Å². The van der Waals surface area contributed by atoms with E-state index in [0.717, 1.165) is 18.7 Å². The molecule has 1 atom stereocenters. The second-order valence-corrected chi connectivity index (χ2v) is 6.45. The maximum atomic E-state index is 11.3. The molecule has 0 aliphatic heterocycles. The summed E-state index contributed by atoms with van der Waals surface area (Å²) in [5.74, 6) is 0.156. The van der Waals surface area contributed by atoms with Gasteiger partial charge in [0, 0.05) is 30.6 Å². The molecule has 1 N–H and O–H groups in total. The van der Waals surface area contributed by atoms with Gasteiger partial charge < -0.3 is 5.32 Å². The van der Waals surface area contributed by atoms with Crippen LogP contribution in [0.15, 0.2) is 24.4 Å². The molecule has 96 valence electrons. The molecular formula is C12H20N2O2S. The van der Waals surface area contributed by atoms with E-state index >= 15 is 0 Å². The summed E-state index contributed by atoms with van der Waals surface area (Å²) < 4.78 is 22.7. The van der Waals surface area contributed by atoms with Crippen LogP contribution >= 0.6 is 0 Å². The van der Waals surface area contributed by atoms with E-state index in [1.165, 1.54) is 6.26 Å². The predicted octanol–water partition coefficient (Wildman–Crippen LogP) is 1.04. The van der Waals surface area contributed by atoms with E-state index in [4.69, 9.17) is 0 Å². The second kappa shape index (κ2) is 6.71. The van der Waals surface area contributed by atoms with Gasteiger partial charge in [-0.2, -0.15) is 0 Å². The molecule has 0 fully saturated rings. The summed E-state index contributed by atoms with van der Waals surface area (Å²) in [7, 11) is -2.96. The van der Waals surface area contributed by atoms with Crippen LogP contribution in [0.1, 0.15) is 19.0 Å². The number of pyridine rings is 1. The van der Waals surface area contributed by atoms with Crippen LogP contribution in [0.2, 0.25) is 0 Å². The van der Waals surface area contributed by atoms with E-state index in [1.807, 2.05) is 18.2 Å². The zero-order valence-corrected chi connectivity index (χ0v) is 11.2. The Hall–Kier alpha value is -0.940. The summed E-state index contributed by atoms with van der Waals surface area (Å²) in [6.07, 6.45) is 4.63. The molecule has 1 aromatic rings. The number of hydrogen-bond acceptors (Lipinski definition) is 4. The Morgan fingerprint density at radius 1 is 1.41 bits per heavy atom. The van der Waals surface area contributed by atoms with Crippen molar-refractivity contribution in [2.45, 2.75) is 25.8 Å². The molecule has 0 saturated carbocycles. The van der Waals surface area contributed by atoms with Gasteiger partial charge in [-0.15, -0.1) is 0 Å². The van der Waals surface area contributed by atoms with Gasteiger partial charge in [0.1, 0.15) is 9.84 Å². The predicted molar refractivity (Wildman–Crippen MR) is 69.7 cm³/mol. The van der Waals surface area contributed by atoms with E-state index in [-0.39, 0.29) is 11.8 Å². The fourth-order valence-corrected chi connectivity index (χ4v) is 2.64. The first-order chi connectivity index (χ1) is 8.01. The highest BCUT2D eigenvalue weighted by atomic mass is 32.2. The molecule has 0 saturated heterocycles. The molecule has 1 aromatic heterocycles. The van der Waals surface area contributed by atoms with Gasteiger partial charge in [0.2, 0.25) is 0 Å². The van der Waals surface area contributed by atoms with Gasteiger partial charge in [0.25, 0.3) is 0 Å². The van der Waals surface area contributed by atoms with E-state index in [0.29, 0.717) is 6.42 Å². The largest absolute Gasteiger partial charge is 0.313 e. The standard InChI is InChI=1S/C12H20N2O2S/c1-3-7-13-12(10-17(2,15)16)9-11-6-4-5-8-14-11/h4-6,8,12-13H,3,7,9-10H2,1-2H3. The first-order valence-corrected chi connectivity index (χ1v) is 7.88. The number of nitrogens with zero attached hydrogens (tertiary/aromatic N) is 1. The summed E-state index contributed by atoms with van der Waals surface area (Å²) in [4.78, 5) is 4.22. The van der Waals surface area contributed by atoms with Crippen molar-refractivity contribution in [2.75, 3.05) is 18.6 Å². The van der Waals surface area contributed by atoms with Crippen molar-refractivity contribution in [2.24, 2.45) is 0 Å². The van der Waals surface area contributed by atoms with Gasteiger partial charge in [0.05, 0.1) is 5.75 Å². The van der Waals surface area contributed by atoms with Crippen LogP contribution in [0.25, 0.3) is 0 Å². The minimum Gasteiger partial charge on any atom is -0.313 e. The fourth-order valence-electron chi connectivity index (χ4n) is 1.68. The number of aromatic nitrogens is 1. The Balaban J connectivity index is 2.63. The molecule has 0 radical (unpaired) electrons. The van der Waals surface area contributed by atoms with Crippen LogP contribution in [-0.4, -0.2) is 38.0 Å². The minimum atomic E-state index is -2.96. The van der Waals surface area contributed by atoms with Gasteiger partial charge in [-0.3, -0.25) is 4.98 Å². The maximum absolute atomic E-state index is 11.3. The Kier molecular flexibility index (Phi) is 5.58. The molecule has 0 aliphatic carbocycles. The molecule has 1 unspecified atom stereocenters. The first-order valence-electron chi connectivity index (χ1n) is 5.82. The van der Waals surface area contributed by atoms with Gasteiger partial charge in [-0.05, 0) is 25.1 Å². The molecule has 17 heavy (non-hydrogen) atoms. The summed E-state index contributed by atoms with van der Waals surface area (Å²) >= 11 is 0. The van der Waals surface area contributed by atoms with Crippen LogP contribution in [0.3, 0.4) is 0 Å². The lowest BCUT2D eigenvalue weighted by atomic mass is 10.1.